The van der Waals surface area contributed by atoms with Crippen molar-refractivity contribution in [2.24, 2.45) is 5.84 Å². The first-order chi connectivity index (χ1) is 9.60. The molecule has 2 aromatic carbocycles. The molecule has 2 nitrogen and oxygen atoms in total. The Bertz CT molecular complexity index is 573. The van der Waals surface area contributed by atoms with Gasteiger partial charge in [0, 0.05) is 11.1 Å². The largest absolute Gasteiger partial charge is 0.271 e. The van der Waals surface area contributed by atoms with Crippen molar-refractivity contribution in [1.82, 2.24) is 5.43 Å². The van der Waals surface area contributed by atoms with E-state index in [4.69, 9.17) is 29.0 Å². The minimum Gasteiger partial charge on any atom is -0.271 e. The monoisotopic (exact) mass is 312 g/mol. The summed E-state index contributed by atoms with van der Waals surface area (Å²) in [4.78, 5) is 0. The normalized spacial score (nSPS) is 12.4. The zero-order valence-electron chi connectivity index (χ0n) is 10.7. The molecule has 0 fully saturated rings. The van der Waals surface area contributed by atoms with E-state index in [0.29, 0.717) is 23.4 Å². The second-order valence-corrected chi connectivity index (χ2v) is 5.45. The van der Waals surface area contributed by atoms with Gasteiger partial charge in [0.15, 0.2) is 0 Å². The minimum atomic E-state index is -0.384. The van der Waals surface area contributed by atoms with E-state index < -0.39 is 0 Å². The Kier molecular flexibility index (Phi) is 5.38. The number of benzene rings is 2. The molecule has 20 heavy (non-hydrogen) atoms. The fourth-order valence-electron chi connectivity index (χ4n) is 2.07. The van der Waals surface area contributed by atoms with Gasteiger partial charge in [-0.25, -0.2) is 4.39 Å². The van der Waals surface area contributed by atoms with E-state index in [1.807, 2.05) is 24.3 Å². The highest BCUT2D eigenvalue weighted by molar-refractivity contribution is 6.31. The molecule has 0 aliphatic rings. The predicted octanol–water partition coefficient (Wildman–Crippen LogP) is 3.75. The molecule has 0 aliphatic carbocycles. The first kappa shape index (κ1) is 15.3. The molecule has 2 aromatic rings. The molecule has 0 aromatic heterocycles. The van der Waals surface area contributed by atoms with Crippen LogP contribution in [0.3, 0.4) is 0 Å². The molecule has 0 bridgehead atoms. The Labute approximate surface area is 127 Å². The predicted molar refractivity (Wildman–Crippen MR) is 81.4 cm³/mol. The number of nitrogens with two attached hydrogens (primary N) is 1. The van der Waals surface area contributed by atoms with Gasteiger partial charge in [0.05, 0.1) is 5.02 Å². The topological polar surface area (TPSA) is 38.0 Å². The fraction of sp³-hybridized carbons (Fsp3) is 0.200. The maximum absolute atomic E-state index is 13.9. The maximum atomic E-state index is 13.9. The van der Waals surface area contributed by atoms with E-state index in [9.17, 15) is 4.39 Å². The number of halogens is 3. The van der Waals surface area contributed by atoms with Gasteiger partial charge in [-0.05, 0) is 42.2 Å². The highest BCUT2D eigenvalue weighted by Gasteiger charge is 2.13. The van der Waals surface area contributed by atoms with Gasteiger partial charge in [-0.15, -0.1) is 0 Å². The van der Waals surface area contributed by atoms with Crippen LogP contribution in [-0.4, -0.2) is 6.04 Å². The summed E-state index contributed by atoms with van der Waals surface area (Å²) >= 11 is 11.6. The Balaban J connectivity index is 2.09. The van der Waals surface area contributed by atoms with Crippen molar-refractivity contribution in [2.45, 2.75) is 18.9 Å². The Hall–Kier alpha value is -1.13. The standard InChI is InChI=1S/C15H15Cl2FN2/c16-12-6-4-10(5-7-12)8-13(20-19)9-11-2-1-3-14(17)15(11)18/h1-7,13,20H,8-9,19H2. The molecular formula is C15H15Cl2FN2. The van der Waals surface area contributed by atoms with E-state index in [-0.39, 0.29) is 16.9 Å². The molecule has 3 N–H and O–H groups in total. The van der Waals surface area contributed by atoms with Crippen LogP contribution in [0.2, 0.25) is 10.0 Å². The SMILES string of the molecule is NNC(Cc1ccc(Cl)cc1)Cc1cccc(Cl)c1F. The Morgan fingerprint density at radius 3 is 2.40 bits per heavy atom. The molecule has 0 saturated carbocycles. The van der Waals surface area contributed by atoms with Crippen molar-refractivity contribution in [3.8, 4) is 0 Å². The van der Waals surface area contributed by atoms with Crippen LogP contribution < -0.4 is 11.3 Å². The summed E-state index contributed by atoms with van der Waals surface area (Å²) in [6, 6.07) is 12.4. The van der Waals surface area contributed by atoms with Gasteiger partial charge in [-0.3, -0.25) is 11.3 Å². The van der Waals surface area contributed by atoms with Crippen molar-refractivity contribution in [1.29, 1.82) is 0 Å². The summed E-state index contributed by atoms with van der Waals surface area (Å²) in [5.74, 6) is 5.17. The zero-order valence-corrected chi connectivity index (χ0v) is 12.3. The molecule has 0 saturated heterocycles. The fourth-order valence-corrected chi connectivity index (χ4v) is 2.39. The molecule has 0 spiro atoms. The number of nitrogens with one attached hydrogen (secondary N) is 1. The van der Waals surface area contributed by atoms with Crippen molar-refractivity contribution < 1.29 is 4.39 Å². The molecule has 1 atom stereocenters. The molecule has 0 heterocycles. The second-order valence-electron chi connectivity index (χ2n) is 4.61. The molecular weight excluding hydrogens is 298 g/mol. The molecule has 106 valence electrons. The van der Waals surface area contributed by atoms with E-state index >= 15 is 0 Å². The van der Waals surface area contributed by atoms with Crippen molar-refractivity contribution >= 4 is 23.2 Å². The van der Waals surface area contributed by atoms with Crippen LogP contribution in [0.25, 0.3) is 0 Å². The van der Waals surface area contributed by atoms with Crippen LogP contribution in [0.4, 0.5) is 4.39 Å². The second kappa shape index (κ2) is 7.04. The lowest BCUT2D eigenvalue weighted by Crippen LogP contribution is -2.38. The summed E-state index contributed by atoms with van der Waals surface area (Å²) in [5, 5.41) is 0.816. The molecule has 0 aliphatic heterocycles. The maximum Gasteiger partial charge on any atom is 0.145 e. The molecule has 5 heteroatoms. The van der Waals surface area contributed by atoms with Gasteiger partial charge in [-0.2, -0.15) is 0 Å². The van der Waals surface area contributed by atoms with Crippen LogP contribution in [-0.2, 0) is 12.8 Å². The highest BCUT2D eigenvalue weighted by Crippen LogP contribution is 2.20. The van der Waals surface area contributed by atoms with Crippen molar-refractivity contribution in [3.63, 3.8) is 0 Å². The summed E-state index contributed by atoms with van der Waals surface area (Å²) in [6.07, 6.45) is 1.14. The third-order valence-corrected chi connectivity index (χ3v) is 3.67. The lowest BCUT2D eigenvalue weighted by Gasteiger charge is -2.17. The van der Waals surface area contributed by atoms with Crippen molar-refractivity contribution in [3.05, 3.63) is 69.5 Å². The average molecular weight is 313 g/mol. The van der Waals surface area contributed by atoms with E-state index in [1.54, 1.807) is 12.1 Å². The summed E-state index contributed by atoms with van der Waals surface area (Å²) in [5.41, 5.74) is 4.35. The third kappa shape index (κ3) is 3.93. The third-order valence-electron chi connectivity index (χ3n) is 3.13. The van der Waals surface area contributed by atoms with E-state index in [1.165, 1.54) is 6.07 Å². The minimum absolute atomic E-state index is 0.0795. The lowest BCUT2D eigenvalue weighted by molar-refractivity contribution is 0.506. The molecule has 0 amide bonds. The zero-order chi connectivity index (χ0) is 14.5. The summed E-state index contributed by atoms with van der Waals surface area (Å²) in [7, 11) is 0. The van der Waals surface area contributed by atoms with Gasteiger partial charge in [0.25, 0.3) is 0 Å². The van der Waals surface area contributed by atoms with Crippen LogP contribution in [0.15, 0.2) is 42.5 Å². The summed E-state index contributed by atoms with van der Waals surface area (Å²) < 4.78 is 13.9. The summed E-state index contributed by atoms with van der Waals surface area (Å²) in [6.45, 7) is 0. The Morgan fingerprint density at radius 2 is 1.75 bits per heavy atom. The highest BCUT2D eigenvalue weighted by atomic mass is 35.5. The van der Waals surface area contributed by atoms with E-state index in [0.717, 1.165) is 5.56 Å². The van der Waals surface area contributed by atoms with Crippen LogP contribution >= 0.6 is 23.2 Å². The Morgan fingerprint density at radius 1 is 1.05 bits per heavy atom. The lowest BCUT2D eigenvalue weighted by atomic mass is 9.99. The van der Waals surface area contributed by atoms with Crippen LogP contribution in [0.1, 0.15) is 11.1 Å². The van der Waals surface area contributed by atoms with Gasteiger partial charge in [-0.1, -0.05) is 47.5 Å². The number of hydrogen-bond acceptors (Lipinski definition) is 2. The molecule has 1 unspecified atom stereocenters. The van der Waals surface area contributed by atoms with Gasteiger partial charge in [0.1, 0.15) is 5.82 Å². The van der Waals surface area contributed by atoms with Crippen molar-refractivity contribution in [2.75, 3.05) is 0 Å². The molecule has 0 radical (unpaired) electrons. The van der Waals surface area contributed by atoms with Crippen LogP contribution in [0.5, 0.6) is 0 Å². The smallest absolute Gasteiger partial charge is 0.145 e. The molecule has 2 rings (SSSR count). The van der Waals surface area contributed by atoms with Gasteiger partial charge in [0.2, 0.25) is 0 Å². The first-order valence-electron chi connectivity index (χ1n) is 6.23. The average Bonchev–Trinajstić information content (AvgIpc) is 2.45. The number of hydrogen-bond donors (Lipinski definition) is 2. The first-order valence-corrected chi connectivity index (χ1v) is 6.99. The van der Waals surface area contributed by atoms with Crippen LogP contribution in [0, 0.1) is 5.82 Å². The number of rotatable bonds is 5. The van der Waals surface area contributed by atoms with Gasteiger partial charge < -0.3 is 0 Å². The van der Waals surface area contributed by atoms with Gasteiger partial charge >= 0.3 is 0 Å². The quantitative estimate of drug-likeness (QED) is 0.652. The van der Waals surface area contributed by atoms with E-state index in [2.05, 4.69) is 5.43 Å². The number of hydrazine groups is 1.